The van der Waals surface area contributed by atoms with Crippen LogP contribution < -0.4 is 17.2 Å². The Bertz CT molecular complexity index is 1230. The van der Waals surface area contributed by atoms with Crippen molar-refractivity contribution in [1.82, 2.24) is 14.5 Å². The molecule has 1 saturated heterocycles. The van der Waals surface area contributed by atoms with Crippen molar-refractivity contribution in [2.75, 3.05) is 19.6 Å². The van der Waals surface area contributed by atoms with Crippen LogP contribution >= 0.6 is 0 Å². The second-order valence-corrected chi connectivity index (χ2v) is 11.9. The highest BCUT2D eigenvalue weighted by Crippen LogP contribution is 2.46. The number of aromatic amines is 1. The number of amides is 1. The molecule has 1 atom stereocenters. The van der Waals surface area contributed by atoms with Crippen LogP contribution in [0.2, 0.25) is 0 Å². The number of imidazole rings is 1. The molecule has 0 unspecified atom stereocenters. The van der Waals surface area contributed by atoms with Crippen LogP contribution in [0.15, 0.2) is 34.1 Å². The Morgan fingerprint density at radius 1 is 1.10 bits per heavy atom. The van der Waals surface area contributed by atoms with Gasteiger partial charge in [0.2, 0.25) is 11.8 Å². The lowest BCUT2D eigenvalue weighted by molar-refractivity contribution is -0.137. The predicted molar refractivity (Wildman–Crippen MR) is 153 cm³/mol. The Labute approximate surface area is 230 Å². The first kappa shape index (κ1) is 27.3. The van der Waals surface area contributed by atoms with Crippen LogP contribution in [0.3, 0.4) is 0 Å². The summed E-state index contributed by atoms with van der Waals surface area (Å²) in [5.41, 5.74) is 13.9. The number of piperidine rings is 1. The van der Waals surface area contributed by atoms with Gasteiger partial charge in [-0.15, -0.1) is 0 Å². The molecule has 1 aliphatic heterocycles. The van der Waals surface area contributed by atoms with Gasteiger partial charge in [-0.05, 0) is 73.8 Å². The number of aromatic hydroxyl groups is 1. The number of unbranched alkanes of at least 4 members (excludes halogenated alkanes) is 1. The van der Waals surface area contributed by atoms with Crippen molar-refractivity contribution in [3.8, 4) is 5.88 Å². The number of nitrogens with zero attached hydrogens (tertiary/aromatic N) is 3. The molecule has 1 aromatic carbocycles. The van der Waals surface area contributed by atoms with Gasteiger partial charge in [-0.25, -0.2) is 4.79 Å². The average Bonchev–Trinajstić information content (AvgIpc) is 3.44. The Morgan fingerprint density at radius 3 is 2.59 bits per heavy atom. The first-order valence-corrected chi connectivity index (χ1v) is 14.8. The van der Waals surface area contributed by atoms with Crippen molar-refractivity contribution in [2.24, 2.45) is 22.4 Å². The summed E-state index contributed by atoms with van der Waals surface area (Å²) in [6, 6.07) is 8.07. The molecule has 0 bridgehead atoms. The highest BCUT2D eigenvalue weighted by atomic mass is 16.3. The maximum atomic E-state index is 14.1. The van der Waals surface area contributed by atoms with Crippen LogP contribution in [0.1, 0.15) is 93.5 Å². The number of aryl methyl sites for hydroxylation is 2. The van der Waals surface area contributed by atoms with E-state index in [-0.39, 0.29) is 23.2 Å². The van der Waals surface area contributed by atoms with Crippen molar-refractivity contribution >= 4 is 11.9 Å². The van der Waals surface area contributed by atoms with Crippen LogP contribution in [0, 0.1) is 5.92 Å². The third kappa shape index (κ3) is 5.87. The van der Waals surface area contributed by atoms with Gasteiger partial charge in [-0.2, -0.15) is 0 Å². The van der Waals surface area contributed by atoms with Gasteiger partial charge in [0.05, 0.1) is 5.69 Å². The standard InChI is InChI=1S/C30H44N6O3/c31-28(32)33-17-7-6-12-24-26(37)36(29(39)34-24)25(20-21-8-2-1-3-9-21)27(38)35-18-15-30(16-19-35)14-13-22-10-4-5-11-23(22)30/h4-5,10-11,21,25,37H,1-3,6-9,12-20H2,(H,34,39)(H4,31,32,33)/t25-/m1/s1. The molecule has 3 aliphatic rings. The third-order valence-electron chi connectivity index (χ3n) is 9.48. The quantitative estimate of drug-likeness (QED) is 0.220. The molecule has 2 aliphatic carbocycles. The molecule has 212 valence electrons. The highest BCUT2D eigenvalue weighted by Gasteiger charge is 2.43. The van der Waals surface area contributed by atoms with Crippen LogP contribution in [0.25, 0.3) is 0 Å². The maximum absolute atomic E-state index is 14.1. The molecule has 6 N–H and O–H groups in total. The smallest absolute Gasteiger partial charge is 0.329 e. The molecule has 5 rings (SSSR count). The lowest BCUT2D eigenvalue weighted by Gasteiger charge is -2.41. The lowest BCUT2D eigenvalue weighted by Crippen LogP contribution is -2.48. The minimum atomic E-state index is -0.683. The first-order valence-electron chi connectivity index (χ1n) is 14.8. The van der Waals surface area contributed by atoms with E-state index >= 15 is 0 Å². The van der Waals surface area contributed by atoms with Gasteiger partial charge in [0.1, 0.15) is 6.04 Å². The zero-order valence-electron chi connectivity index (χ0n) is 23.0. The number of carbonyl (C=O) groups is 1. The van der Waals surface area contributed by atoms with Gasteiger partial charge >= 0.3 is 5.69 Å². The fraction of sp³-hybridized carbons (Fsp3) is 0.633. The number of rotatable bonds is 9. The van der Waals surface area contributed by atoms with Crippen LogP contribution in [0.4, 0.5) is 0 Å². The van der Waals surface area contributed by atoms with E-state index < -0.39 is 11.7 Å². The van der Waals surface area contributed by atoms with E-state index in [1.165, 1.54) is 22.1 Å². The van der Waals surface area contributed by atoms with Crippen molar-refractivity contribution in [1.29, 1.82) is 0 Å². The summed E-state index contributed by atoms with van der Waals surface area (Å²) in [7, 11) is 0. The van der Waals surface area contributed by atoms with Crippen molar-refractivity contribution in [3.63, 3.8) is 0 Å². The Kier molecular flexibility index (Phi) is 8.33. The van der Waals surface area contributed by atoms with E-state index in [0.29, 0.717) is 50.5 Å². The largest absolute Gasteiger partial charge is 0.493 e. The third-order valence-corrected chi connectivity index (χ3v) is 9.48. The topological polar surface area (TPSA) is 143 Å². The molecule has 1 saturated carbocycles. The monoisotopic (exact) mass is 536 g/mol. The number of benzene rings is 1. The zero-order valence-corrected chi connectivity index (χ0v) is 23.0. The maximum Gasteiger partial charge on any atom is 0.329 e. The number of H-pyrrole nitrogens is 1. The Balaban J connectivity index is 1.32. The first-order chi connectivity index (χ1) is 18.9. The van der Waals surface area contributed by atoms with Gasteiger partial charge < -0.3 is 26.5 Å². The number of carbonyl (C=O) groups excluding carboxylic acids is 1. The summed E-state index contributed by atoms with van der Waals surface area (Å²) in [5.74, 6) is 0.309. The number of aliphatic imine (C=N–C) groups is 1. The van der Waals surface area contributed by atoms with Crippen LogP contribution in [-0.2, 0) is 23.1 Å². The predicted octanol–water partition coefficient (Wildman–Crippen LogP) is 3.50. The van der Waals surface area contributed by atoms with E-state index in [4.69, 9.17) is 11.5 Å². The number of likely N-dealkylation sites (tertiary alicyclic amines) is 1. The fourth-order valence-electron chi connectivity index (χ4n) is 7.28. The van der Waals surface area contributed by atoms with Crippen LogP contribution in [-0.4, -0.2) is 51.1 Å². The number of hydrogen-bond acceptors (Lipinski definition) is 4. The number of aromatic nitrogens is 2. The number of fused-ring (bicyclic) bond motifs is 2. The summed E-state index contributed by atoms with van der Waals surface area (Å²) in [6.07, 6.45) is 12.4. The van der Waals surface area contributed by atoms with Crippen molar-refractivity contribution < 1.29 is 9.90 Å². The van der Waals surface area contributed by atoms with Gasteiger partial charge in [-0.1, -0.05) is 56.4 Å². The molecule has 0 radical (unpaired) electrons. The molecular formula is C30H44N6O3. The van der Waals surface area contributed by atoms with E-state index in [2.05, 4.69) is 34.2 Å². The van der Waals surface area contributed by atoms with Gasteiger partial charge in [0.25, 0.3) is 0 Å². The molecule has 1 amide bonds. The van der Waals surface area contributed by atoms with E-state index in [9.17, 15) is 14.7 Å². The second-order valence-electron chi connectivity index (χ2n) is 11.9. The molecule has 1 aromatic heterocycles. The van der Waals surface area contributed by atoms with Gasteiger partial charge in [-0.3, -0.25) is 14.4 Å². The minimum Gasteiger partial charge on any atom is -0.493 e. The fourth-order valence-corrected chi connectivity index (χ4v) is 7.28. The van der Waals surface area contributed by atoms with Gasteiger partial charge in [0.15, 0.2) is 5.96 Å². The summed E-state index contributed by atoms with van der Waals surface area (Å²) in [5, 5.41) is 11.2. The second kappa shape index (κ2) is 11.9. The summed E-state index contributed by atoms with van der Waals surface area (Å²) in [6.45, 7) is 1.87. The molecule has 2 aromatic rings. The van der Waals surface area contributed by atoms with E-state index in [0.717, 1.165) is 57.8 Å². The molecule has 1 spiro atoms. The summed E-state index contributed by atoms with van der Waals surface area (Å²) >= 11 is 0. The van der Waals surface area contributed by atoms with E-state index in [1.807, 2.05) is 4.90 Å². The number of hydrogen-bond donors (Lipinski definition) is 4. The molecule has 2 fully saturated rings. The molecular weight excluding hydrogens is 492 g/mol. The Hall–Kier alpha value is -3.23. The van der Waals surface area contributed by atoms with Crippen LogP contribution in [0.5, 0.6) is 5.88 Å². The number of nitrogens with one attached hydrogen (secondary N) is 1. The van der Waals surface area contributed by atoms with E-state index in [1.54, 1.807) is 0 Å². The SMILES string of the molecule is NC(N)=NCCCCc1[nH]c(=O)n([C@H](CC2CCCCC2)C(=O)N2CCC3(CCc4ccccc43)CC2)c1O. The molecule has 2 heterocycles. The zero-order chi connectivity index (χ0) is 27.4. The lowest BCUT2D eigenvalue weighted by atomic mass is 9.73. The highest BCUT2D eigenvalue weighted by molar-refractivity contribution is 5.81. The summed E-state index contributed by atoms with van der Waals surface area (Å²) < 4.78 is 1.34. The molecule has 9 nitrogen and oxygen atoms in total. The number of guanidine groups is 1. The number of nitrogens with two attached hydrogens (primary N) is 2. The normalized spacial score (nSPS) is 19.6. The van der Waals surface area contributed by atoms with Gasteiger partial charge in [0, 0.05) is 19.6 Å². The Morgan fingerprint density at radius 2 is 1.85 bits per heavy atom. The van der Waals surface area contributed by atoms with Crippen molar-refractivity contribution in [2.45, 2.75) is 94.9 Å². The minimum absolute atomic E-state index is 0.0302. The van der Waals surface area contributed by atoms with Crippen molar-refractivity contribution in [3.05, 3.63) is 51.6 Å². The average molecular weight is 537 g/mol. The molecule has 9 heteroatoms. The molecule has 39 heavy (non-hydrogen) atoms. The summed E-state index contributed by atoms with van der Waals surface area (Å²) in [4.78, 5) is 36.1.